The number of aliphatic imine (C=N–C) groups is 1. The molecule has 0 aliphatic carbocycles. The van der Waals surface area contributed by atoms with Gasteiger partial charge in [-0.1, -0.05) is 30.3 Å². The lowest BCUT2D eigenvalue weighted by atomic mass is 10.1. The number of amides is 1. The van der Waals surface area contributed by atoms with E-state index in [0.717, 1.165) is 28.2 Å². The topological polar surface area (TPSA) is 73.8 Å². The van der Waals surface area contributed by atoms with Crippen molar-refractivity contribution in [3.05, 3.63) is 94.6 Å². The van der Waals surface area contributed by atoms with Crippen LogP contribution in [0.1, 0.15) is 22.5 Å². The summed E-state index contributed by atoms with van der Waals surface area (Å²) in [6, 6.07) is 17.8. The molecule has 1 amide bonds. The van der Waals surface area contributed by atoms with E-state index in [2.05, 4.69) is 10.1 Å². The van der Waals surface area contributed by atoms with Crippen LogP contribution >= 0.6 is 11.8 Å². The zero-order valence-corrected chi connectivity index (χ0v) is 18.2. The van der Waals surface area contributed by atoms with Gasteiger partial charge in [0.2, 0.25) is 5.17 Å². The fourth-order valence-electron chi connectivity index (χ4n) is 3.77. The smallest absolute Gasteiger partial charge is 0.283 e. The second kappa shape index (κ2) is 7.72. The Morgan fingerprint density at radius 2 is 1.78 bits per heavy atom. The molecule has 0 bridgehead atoms. The van der Waals surface area contributed by atoms with Crippen molar-refractivity contribution in [1.29, 1.82) is 5.41 Å². The number of benzene rings is 2. The van der Waals surface area contributed by atoms with Gasteiger partial charge in [0.25, 0.3) is 5.91 Å². The molecule has 2 aliphatic heterocycles. The second-order valence-electron chi connectivity index (χ2n) is 7.43. The Morgan fingerprint density at radius 3 is 2.50 bits per heavy atom. The van der Waals surface area contributed by atoms with Crippen LogP contribution in [0.4, 0.5) is 4.39 Å². The number of hydrogen-bond donors (Lipinski definition) is 1. The minimum atomic E-state index is -0.468. The molecule has 0 unspecified atom stereocenters. The molecule has 2 aliphatic rings. The number of amidine groups is 2. The molecule has 32 heavy (non-hydrogen) atoms. The van der Waals surface area contributed by atoms with Gasteiger partial charge in [0.05, 0.1) is 5.57 Å². The van der Waals surface area contributed by atoms with Crippen molar-refractivity contribution in [3.63, 3.8) is 0 Å². The van der Waals surface area contributed by atoms with Gasteiger partial charge in [-0.3, -0.25) is 10.2 Å². The van der Waals surface area contributed by atoms with E-state index < -0.39 is 5.91 Å². The van der Waals surface area contributed by atoms with Crippen LogP contribution in [0, 0.1) is 25.1 Å². The van der Waals surface area contributed by atoms with E-state index in [9.17, 15) is 9.18 Å². The molecule has 158 valence electrons. The molecule has 5 rings (SSSR count). The van der Waals surface area contributed by atoms with Crippen molar-refractivity contribution in [2.45, 2.75) is 13.8 Å². The Labute approximate surface area is 188 Å². The Balaban J connectivity index is 1.51. The Kier molecular flexibility index (Phi) is 4.86. The van der Waals surface area contributed by atoms with Crippen molar-refractivity contribution < 1.29 is 9.18 Å². The van der Waals surface area contributed by atoms with Crippen molar-refractivity contribution >= 4 is 39.8 Å². The average molecular weight is 444 g/mol. The summed E-state index contributed by atoms with van der Waals surface area (Å²) in [4.78, 5) is 16.9. The average Bonchev–Trinajstić information content (AvgIpc) is 3.33. The predicted octanol–water partition coefficient (Wildman–Crippen LogP) is 4.90. The normalized spacial score (nSPS) is 17.0. The third-order valence-electron chi connectivity index (χ3n) is 5.33. The van der Waals surface area contributed by atoms with Gasteiger partial charge in [-0.05, 0) is 67.6 Å². The summed E-state index contributed by atoms with van der Waals surface area (Å²) in [7, 11) is 0. The van der Waals surface area contributed by atoms with Crippen molar-refractivity contribution in [2.24, 2.45) is 10.1 Å². The van der Waals surface area contributed by atoms with Crippen LogP contribution in [0.25, 0.3) is 11.8 Å². The maximum absolute atomic E-state index is 13.3. The van der Waals surface area contributed by atoms with Gasteiger partial charge >= 0.3 is 0 Å². The number of hydrazone groups is 1. The van der Waals surface area contributed by atoms with Crippen LogP contribution in [0.2, 0.25) is 0 Å². The molecule has 1 aromatic heterocycles. The second-order valence-corrected chi connectivity index (χ2v) is 8.39. The number of nitrogens with one attached hydrogen (secondary N) is 1. The lowest BCUT2D eigenvalue weighted by molar-refractivity contribution is -0.114. The fourth-order valence-corrected chi connectivity index (χ4v) is 4.66. The fraction of sp³-hybridized carbons (Fsp3) is 0.0833. The summed E-state index contributed by atoms with van der Waals surface area (Å²) in [6.45, 7) is 3.86. The highest BCUT2D eigenvalue weighted by atomic mass is 32.2. The Hall–Kier alpha value is -3.78. The SMILES string of the molecule is Cc1cc(/C=C2/C(=N)N3N=C(c4ccccc4)SC3=NC2=O)c(C)n1-c1ccc(F)cc1. The number of carbonyl (C=O) groups excluding carboxylic acids is 1. The highest BCUT2D eigenvalue weighted by Gasteiger charge is 2.36. The monoisotopic (exact) mass is 443 g/mol. The van der Waals surface area contributed by atoms with E-state index in [-0.39, 0.29) is 17.2 Å². The predicted molar refractivity (Wildman–Crippen MR) is 126 cm³/mol. The van der Waals surface area contributed by atoms with Gasteiger partial charge in [-0.25, -0.2) is 4.39 Å². The lowest BCUT2D eigenvalue weighted by Crippen LogP contribution is -2.35. The summed E-state index contributed by atoms with van der Waals surface area (Å²) in [5.41, 5.74) is 4.50. The van der Waals surface area contributed by atoms with Crippen molar-refractivity contribution in [3.8, 4) is 5.69 Å². The zero-order chi connectivity index (χ0) is 22.4. The van der Waals surface area contributed by atoms with Gasteiger partial charge in [-0.15, -0.1) is 0 Å². The summed E-state index contributed by atoms with van der Waals surface area (Å²) in [5, 5.41) is 15.6. The number of halogens is 1. The van der Waals surface area contributed by atoms with Gasteiger partial charge in [0, 0.05) is 22.6 Å². The Bertz CT molecular complexity index is 1350. The summed E-state index contributed by atoms with van der Waals surface area (Å²) < 4.78 is 15.3. The largest absolute Gasteiger partial charge is 0.318 e. The molecule has 0 saturated heterocycles. The Morgan fingerprint density at radius 1 is 1.06 bits per heavy atom. The zero-order valence-electron chi connectivity index (χ0n) is 17.3. The van der Waals surface area contributed by atoms with Gasteiger partial charge in [0.15, 0.2) is 5.84 Å². The van der Waals surface area contributed by atoms with Crippen molar-refractivity contribution in [2.75, 3.05) is 0 Å². The van der Waals surface area contributed by atoms with Gasteiger partial charge < -0.3 is 4.57 Å². The number of hydrogen-bond acceptors (Lipinski definition) is 4. The molecule has 0 saturated carbocycles. The highest BCUT2D eigenvalue weighted by Crippen LogP contribution is 2.31. The number of aryl methyl sites for hydroxylation is 1. The third-order valence-corrected chi connectivity index (χ3v) is 6.29. The third kappa shape index (κ3) is 3.38. The summed E-state index contributed by atoms with van der Waals surface area (Å²) in [5.74, 6) is -0.776. The molecule has 3 aromatic rings. The van der Waals surface area contributed by atoms with E-state index in [1.165, 1.54) is 28.9 Å². The molecule has 3 heterocycles. The lowest BCUT2D eigenvalue weighted by Gasteiger charge is -2.20. The molecule has 2 aromatic carbocycles. The van der Waals surface area contributed by atoms with Crippen LogP contribution in [0.3, 0.4) is 0 Å². The first kappa shape index (κ1) is 20.1. The molecule has 1 N–H and O–H groups in total. The summed E-state index contributed by atoms with van der Waals surface area (Å²) in [6.07, 6.45) is 1.67. The quantitative estimate of drug-likeness (QED) is 0.585. The molecular weight excluding hydrogens is 425 g/mol. The van der Waals surface area contributed by atoms with Crippen LogP contribution in [0.15, 0.2) is 76.3 Å². The number of aromatic nitrogens is 1. The molecule has 0 spiro atoms. The first-order valence-corrected chi connectivity index (χ1v) is 10.7. The molecule has 6 nitrogen and oxygen atoms in total. The number of rotatable bonds is 3. The maximum atomic E-state index is 13.3. The van der Waals surface area contributed by atoms with E-state index in [1.807, 2.05) is 54.8 Å². The minimum Gasteiger partial charge on any atom is -0.318 e. The van der Waals surface area contributed by atoms with E-state index in [0.29, 0.717) is 10.2 Å². The maximum Gasteiger partial charge on any atom is 0.283 e. The van der Waals surface area contributed by atoms with Gasteiger partial charge in [-0.2, -0.15) is 15.1 Å². The van der Waals surface area contributed by atoms with Crippen LogP contribution < -0.4 is 0 Å². The first-order valence-electron chi connectivity index (χ1n) is 9.93. The van der Waals surface area contributed by atoms with E-state index >= 15 is 0 Å². The molecule has 0 radical (unpaired) electrons. The van der Waals surface area contributed by atoms with E-state index in [1.54, 1.807) is 18.2 Å². The standard InChI is InChI=1S/C24H18FN5OS/c1-14-12-17(15(2)29(14)19-10-8-18(25)9-11-19)13-20-21(26)30-24(27-22(20)31)32-23(28-30)16-6-4-3-5-7-16/h3-13,26H,1-2H3/b20-13-,26-21?. The minimum absolute atomic E-state index is 0.00924. The number of fused-ring (bicyclic) bond motifs is 1. The number of thioether (sulfide) groups is 1. The van der Waals surface area contributed by atoms with Crippen LogP contribution in [-0.4, -0.2) is 31.5 Å². The summed E-state index contributed by atoms with van der Waals surface area (Å²) >= 11 is 1.27. The molecule has 0 atom stereocenters. The highest BCUT2D eigenvalue weighted by molar-refractivity contribution is 8.27. The molecule has 8 heteroatoms. The van der Waals surface area contributed by atoms with Crippen LogP contribution in [-0.2, 0) is 4.79 Å². The molecular formula is C24H18FN5OS. The number of nitrogens with zero attached hydrogens (tertiary/aromatic N) is 4. The first-order chi connectivity index (χ1) is 15.4. The van der Waals surface area contributed by atoms with Crippen LogP contribution in [0.5, 0.6) is 0 Å². The van der Waals surface area contributed by atoms with Gasteiger partial charge in [0.1, 0.15) is 10.9 Å². The van der Waals surface area contributed by atoms with E-state index in [4.69, 9.17) is 5.41 Å². The molecule has 0 fully saturated rings. The van der Waals surface area contributed by atoms with Crippen molar-refractivity contribution in [1.82, 2.24) is 9.58 Å². The number of carbonyl (C=O) groups is 1.